The van der Waals surface area contributed by atoms with Crippen LogP contribution in [0.3, 0.4) is 0 Å². The fourth-order valence-electron chi connectivity index (χ4n) is 2.37. The Morgan fingerprint density at radius 3 is 2.56 bits per heavy atom. The summed E-state index contributed by atoms with van der Waals surface area (Å²) >= 11 is 1.51. The monoisotopic (exact) mass is 382 g/mol. The molecule has 0 aliphatic rings. The molecule has 138 valence electrons. The van der Waals surface area contributed by atoms with Gasteiger partial charge in [-0.15, -0.1) is 16.8 Å². The van der Waals surface area contributed by atoms with Gasteiger partial charge in [0.15, 0.2) is 11.0 Å². The van der Waals surface area contributed by atoms with Crippen molar-refractivity contribution in [2.24, 2.45) is 0 Å². The first-order valence-electron chi connectivity index (χ1n) is 8.24. The molecule has 3 rings (SSSR count). The van der Waals surface area contributed by atoms with Crippen molar-refractivity contribution in [2.45, 2.75) is 24.1 Å². The Hall–Kier alpha value is -3.13. The summed E-state index contributed by atoms with van der Waals surface area (Å²) in [6.45, 7) is 4.67. The van der Waals surface area contributed by atoms with Crippen LogP contribution in [0, 0.1) is 10.1 Å². The Bertz CT molecular complexity index is 910. The van der Waals surface area contributed by atoms with E-state index in [0.717, 1.165) is 16.5 Å². The van der Waals surface area contributed by atoms with Crippen LogP contribution in [0.15, 0.2) is 72.4 Å². The van der Waals surface area contributed by atoms with Crippen molar-refractivity contribution in [3.63, 3.8) is 0 Å². The summed E-state index contributed by atoms with van der Waals surface area (Å²) in [7, 11) is 0. The van der Waals surface area contributed by atoms with E-state index in [1.54, 1.807) is 18.2 Å². The van der Waals surface area contributed by atoms with Crippen molar-refractivity contribution in [1.82, 2.24) is 14.8 Å². The van der Waals surface area contributed by atoms with Crippen molar-refractivity contribution in [3.8, 4) is 5.75 Å². The summed E-state index contributed by atoms with van der Waals surface area (Å²) in [6, 6.07) is 16.0. The van der Waals surface area contributed by atoms with Crippen LogP contribution in [0.1, 0.15) is 11.4 Å². The second-order valence-corrected chi connectivity index (χ2v) is 6.55. The molecule has 27 heavy (non-hydrogen) atoms. The number of thioether (sulfide) groups is 1. The fraction of sp³-hybridized carbons (Fsp3) is 0.158. The van der Waals surface area contributed by atoms with Crippen molar-refractivity contribution >= 4 is 17.4 Å². The molecule has 0 spiro atoms. The second kappa shape index (κ2) is 9.00. The first kappa shape index (κ1) is 18.7. The first-order valence-corrected chi connectivity index (χ1v) is 9.23. The number of allylic oxidation sites excluding steroid dienone is 1. The molecule has 2 aromatic carbocycles. The van der Waals surface area contributed by atoms with Gasteiger partial charge in [-0.25, -0.2) is 0 Å². The van der Waals surface area contributed by atoms with E-state index < -0.39 is 4.92 Å². The third kappa shape index (κ3) is 4.95. The van der Waals surface area contributed by atoms with Crippen molar-refractivity contribution in [2.75, 3.05) is 0 Å². The first-order chi connectivity index (χ1) is 13.2. The highest BCUT2D eigenvalue weighted by Crippen LogP contribution is 2.24. The van der Waals surface area contributed by atoms with Crippen LogP contribution in [0.2, 0.25) is 0 Å². The summed E-state index contributed by atoms with van der Waals surface area (Å²) in [5.74, 6) is 2.11. The quantitative estimate of drug-likeness (QED) is 0.238. The van der Waals surface area contributed by atoms with E-state index in [1.807, 2.05) is 34.9 Å². The molecule has 0 aliphatic heterocycles. The fourth-order valence-corrected chi connectivity index (χ4v) is 3.29. The van der Waals surface area contributed by atoms with Crippen LogP contribution in [-0.2, 0) is 18.9 Å². The van der Waals surface area contributed by atoms with Crippen molar-refractivity contribution < 1.29 is 9.66 Å². The highest BCUT2D eigenvalue weighted by atomic mass is 32.2. The maximum Gasteiger partial charge on any atom is 0.269 e. The zero-order valence-electron chi connectivity index (χ0n) is 14.5. The normalized spacial score (nSPS) is 10.5. The minimum atomic E-state index is -0.406. The number of hydrogen-bond acceptors (Lipinski definition) is 6. The lowest BCUT2D eigenvalue weighted by Crippen LogP contribution is -2.07. The van der Waals surface area contributed by atoms with Gasteiger partial charge in [-0.2, -0.15) is 0 Å². The minimum Gasteiger partial charge on any atom is -0.486 e. The average Bonchev–Trinajstić information content (AvgIpc) is 3.08. The SMILES string of the molecule is C=CCn1c(COc2ccccc2)nnc1SCc1ccc([N+](=O)[O-])cc1. The molecule has 1 heterocycles. The number of non-ortho nitro benzene ring substituents is 1. The lowest BCUT2D eigenvalue weighted by Gasteiger charge is -2.09. The molecule has 0 atom stereocenters. The Morgan fingerprint density at radius 1 is 1.15 bits per heavy atom. The maximum atomic E-state index is 10.7. The molecule has 7 nitrogen and oxygen atoms in total. The van der Waals surface area contributed by atoms with Crippen LogP contribution in [0.25, 0.3) is 0 Å². The van der Waals surface area contributed by atoms with E-state index >= 15 is 0 Å². The minimum absolute atomic E-state index is 0.0823. The molecule has 1 aromatic heterocycles. The van der Waals surface area contributed by atoms with E-state index in [-0.39, 0.29) is 5.69 Å². The third-order valence-electron chi connectivity index (χ3n) is 3.73. The number of rotatable bonds is 9. The summed E-state index contributed by atoms with van der Waals surface area (Å²) in [5.41, 5.74) is 1.06. The van der Waals surface area contributed by atoms with E-state index in [2.05, 4.69) is 16.8 Å². The molecule has 3 aromatic rings. The van der Waals surface area contributed by atoms with Gasteiger partial charge in [-0.3, -0.25) is 14.7 Å². The molecular formula is C19H18N4O3S. The van der Waals surface area contributed by atoms with Gasteiger partial charge in [0.1, 0.15) is 12.4 Å². The summed E-state index contributed by atoms with van der Waals surface area (Å²) in [6.07, 6.45) is 1.78. The maximum absolute atomic E-state index is 10.7. The molecule has 0 saturated heterocycles. The summed E-state index contributed by atoms with van der Waals surface area (Å²) in [4.78, 5) is 10.3. The lowest BCUT2D eigenvalue weighted by atomic mass is 10.2. The summed E-state index contributed by atoms with van der Waals surface area (Å²) < 4.78 is 7.71. The predicted octanol–water partition coefficient (Wildman–Crippen LogP) is 4.24. The van der Waals surface area contributed by atoms with E-state index in [9.17, 15) is 10.1 Å². The van der Waals surface area contributed by atoms with Crippen LogP contribution < -0.4 is 4.74 Å². The Kier molecular flexibility index (Phi) is 6.22. The highest BCUT2D eigenvalue weighted by molar-refractivity contribution is 7.98. The molecular weight excluding hydrogens is 364 g/mol. The number of nitro groups is 1. The zero-order valence-corrected chi connectivity index (χ0v) is 15.3. The number of ether oxygens (including phenoxy) is 1. The van der Waals surface area contributed by atoms with Gasteiger partial charge in [-0.05, 0) is 17.7 Å². The number of para-hydroxylation sites is 1. The Labute approximate surface area is 160 Å². The van der Waals surface area contributed by atoms with Gasteiger partial charge in [0.25, 0.3) is 5.69 Å². The Morgan fingerprint density at radius 2 is 1.89 bits per heavy atom. The average molecular weight is 382 g/mol. The molecule has 0 fully saturated rings. The number of nitrogens with zero attached hydrogens (tertiary/aromatic N) is 4. The highest BCUT2D eigenvalue weighted by Gasteiger charge is 2.13. The number of nitro benzene ring substituents is 1. The van der Waals surface area contributed by atoms with Gasteiger partial charge in [0.2, 0.25) is 0 Å². The topological polar surface area (TPSA) is 83.1 Å². The number of hydrogen-bond donors (Lipinski definition) is 0. The lowest BCUT2D eigenvalue weighted by molar-refractivity contribution is -0.384. The van der Waals surface area contributed by atoms with Gasteiger partial charge in [0.05, 0.1) is 4.92 Å². The molecule has 0 N–H and O–H groups in total. The number of benzene rings is 2. The zero-order chi connectivity index (χ0) is 19.1. The predicted molar refractivity (Wildman–Crippen MR) is 104 cm³/mol. The molecule has 8 heteroatoms. The van der Waals surface area contributed by atoms with E-state index in [1.165, 1.54) is 23.9 Å². The van der Waals surface area contributed by atoms with Gasteiger partial charge >= 0.3 is 0 Å². The largest absolute Gasteiger partial charge is 0.486 e. The molecule has 0 saturated carbocycles. The van der Waals surface area contributed by atoms with Gasteiger partial charge in [-0.1, -0.05) is 48.2 Å². The van der Waals surface area contributed by atoms with Crippen LogP contribution >= 0.6 is 11.8 Å². The van der Waals surface area contributed by atoms with Crippen LogP contribution in [-0.4, -0.2) is 19.7 Å². The Balaban J connectivity index is 1.67. The molecule has 0 radical (unpaired) electrons. The van der Waals surface area contributed by atoms with E-state index in [0.29, 0.717) is 24.7 Å². The standard InChI is InChI=1S/C19H18N4O3S/c1-2-12-22-18(13-26-17-6-4-3-5-7-17)20-21-19(22)27-14-15-8-10-16(11-9-15)23(24)25/h2-11H,1,12-14H2. The van der Waals surface area contributed by atoms with Gasteiger partial charge < -0.3 is 4.74 Å². The van der Waals surface area contributed by atoms with E-state index in [4.69, 9.17) is 4.74 Å². The molecule has 0 bridgehead atoms. The molecule has 0 aliphatic carbocycles. The summed E-state index contributed by atoms with van der Waals surface area (Å²) in [5, 5.41) is 20.0. The van der Waals surface area contributed by atoms with Crippen LogP contribution in [0.5, 0.6) is 5.75 Å². The second-order valence-electron chi connectivity index (χ2n) is 5.61. The smallest absolute Gasteiger partial charge is 0.269 e. The van der Waals surface area contributed by atoms with Crippen molar-refractivity contribution in [1.29, 1.82) is 0 Å². The third-order valence-corrected chi connectivity index (χ3v) is 4.77. The van der Waals surface area contributed by atoms with Crippen LogP contribution in [0.4, 0.5) is 5.69 Å². The molecule has 0 unspecified atom stereocenters. The van der Waals surface area contributed by atoms with Crippen molar-refractivity contribution in [3.05, 3.63) is 88.8 Å². The number of aromatic nitrogens is 3. The van der Waals surface area contributed by atoms with Gasteiger partial charge in [0, 0.05) is 24.4 Å². The molecule has 0 amide bonds.